The van der Waals surface area contributed by atoms with E-state index in [0.717, 1.165) is 63.5 Å². The van der Waals surface area contributed by atoms with Crippen LogP contribution >= 0.6 is 35.1 Å². The summed E-state index contributed by atoms with van der Waals surface area (Å²) in [5.74, 6) is 0.362. The summed E-state index contributed by atoms with van der Waals surface area (Å²) in [7, 11) is 0. The van der Waals surface area contributed by atoms with Crippen LogP contribution in [0.5, 0.6) is 0 Å². The zero-order chi connectivity index (χ0) is 78.4. The number of carbonyl (C=O) groups is 6. The number of carboxylic acids is 1. The first kappa shape index (κ1) is 84.4. The largest absolute Gasteiger partial charge is 0.480 e. The van der Waals surface area contributed by atoms with Crippen LogP contribution < -0.4 is 42.8 Å². The first-order valence-electron chi connectivity index (χ1n) is 37.3. The number of fused-ring (bicyclic) bond motifs is 2. The summed E-state index contributed by atoms with van der Waals surface area (Å²) in [4.78, 5) is 86.2. The van der Waals surface area contributed by atoms with Gasteiger partial charge in [-0.25, -0.2) is 24.4 Å². The van der Waals surface area contributed by atoms with Crippen LogP contribution in [0.1, 0.15) is 90.0 Å². The molecule has 6 aliphatic rings. The average molecular weight is 1570 g/mol. The summed E-state index contributed by atoms with van der Waals surface area (Å²) in [5, 5.41) is 53.1. The van der Waals surface area contributed by atoms with Crippen LogP contribution in [-0.4, -0.2) is 212 Å². The van der Waals surface area contributed by atoms with Crippen LogP contribution in [0.2, 0.25) is 0 Å². The molecule has 6 fully saturated rings. The lowest BCUT2D eigenvalue weighted by Crippen LogP contribution is -2.60. The second-order valence-electron chi connectivity index (χ2n) is 30.1. The number of alkyl halides is 1. The second kappa shape index (κ2) is 40.5. The van der Waals surface area contributed by atoms with Crippen LogP contribution in [0.3, 0.4) is 0 Å². The summed E-state index contributed by atoms with van der Waals surface area (Å²) in [6, 6.07) is 42.6. The Morgan fingerprint density at radius 1 is 0.591 bits per heavy atom. The number of carbonyl (C=O) groups excluding carboxylic acids is 5. The highest BCUT2D eigenvalue weighted by atomic mass is 35.5. The summed E-state index contributed by atoms with van der Waals surface area (Å²) >= 11 is 9.10. The summed E-state index contributed by atoms with van der Waals surface area (Å²) < 4.78 is 33.5. The molecule has 27 nitrogen and oxygen atoms in total. The Morgan fingerprint density at radius 3 is 1.44 bits per heavy atom. The maximum absolute atomic E-state index is 14.0. The summed E-state index contributed by atoms with van der Waals surface area (Å²) in [5.41, 5.74) is 12.6. The molecule has 0 aliphatic carbocycles. The van der Waals surface area contributed by atoms with Crippen molar-refractivity contribution >= 4 is 71.1 Å². The predicted molar refractivity (Wildman–Crippen MR) is 420 cm³/mol. The smallest absolute Gasteiger partial charge is 0.407 e. The number of amides is 6. The minimum absolute atomic E-state index is 0.000350. The SMILES string of the molecule is CC(C)(C)[C@H](NC(=O)NCCCCl)C(=O)NN(Cc1ccc(-c2ccccn2)cc1)C[C@H](O)[C@H](Cc1ccccc1)NC(=O)O[C@H]1CO[C@H]2OCC[C@H]21.CC1(C)SCNC1C(=O)NN(Cc1ccc(-c2ccccn2)cc1)C[C@H](O)[C@H](Cc1ccccc1)NC(=O)O[C@H]1CO[C@H]2OCC[C@H]21.CC1(C)SCN[C@@H]1C(=O)O. The number of aliphatic carboxylic acids is 1. The van der Waals surface area contributed by atoms with Crippen molar-refractivity contribution in [2.75, 3.05) is 63.7 Å². The zero-order valence-corrected chi connectivity index (χ0v) is 65.7. The lowest BCUT2D eigenvalue weighted by atomic mass is 9.86. The Kier molecular flexibility index (Phi) is 31.1. The third-order valence-corrected chi connectivity index (χ3v) is 22.8. The van der Waals surface area contributed by atoms with E-state index in [0.29, 0.717) is 57.3 Å². The van der Waals surface area contributed by atoms with Crippen molar-refractivity contribution in [2.24, 2.45) is 17.3 Å². The molecule has 13 atom stereocenters. The van der Waals surface area contributed by atoms with Gasteiger partial charge < -0.3 is 65.0 Å². The molecule has 6 aromatic rings. The quantitative estimate of drug-likeness (QED) is 0.0119. The number of aromatic nitrogens is 2. The van der Waals surface area contributed by atoms with E-state index < -0.39 is 90.1 Å². The molecule has 2 aromatic heterocycles. The number of ether oxygens (including phenoxy) is 6. The molecule has 0 bridgehead atoms. The fourth-order valence-corrected chi connectivity index (χ4v) is 15.8. The van der Waals surface area contributed by atoms with Crippen LogP contribution in [0.15, 0.2) is 158 Å². The fourth-order valence-electron chi connectivity index (χ4n) is 13.8. The first-order valence-corrected chi connectivity index (χ1v) is 39.8. The minimum atomic E-state index is -1.17. The second-order valence-corrected chi connectivity index (χ2v) is 33.8. The summed E-state index contributed by atoms with van der Waals surface area (Å²) in [6.45, 7) is 16.0. The predicted octanol–water partition coefficient (Wildman–Crippen LogP) is 8.38. The highest BCUT2D eigenvalue weighted by Crippen LogP contribution is 2.37. The van der Waals surface area contributed by atoms with E-state index in [-0.39, 0.29) is 72.7 Å². The van der Waals surface area contributed by atoms with Gasteiger partial charge in [-0.3, -0.25) is 45.8 Å². The number of pyridine rings is 2. The molecule has 12 rings (SSSR count). The van der Waals surface area contributed by atoms with E-state index >= 15 is 0 Å². The van der Waals surface area contributed by atoms with Crippen molar-refractivity contribution in [1.29, 1.82) is 0 Å². The maximum atomic E-state index is 14.0. The van der Waals surface area contributed by atoms with Crippen molar-refractivity contribution in [3.8, 4) is 22.5 Å². The Balaban J connectivity index is 0.000000208. The number of rotatable bonds is 29. The number of alkyl carbamates (subject to hydrolysis) is 2. The molecule has 0 spiro atoms. The molecule has 6 saturated heterocycles. The molecule has 6 amide bonds. The van der Waals surface area contributed by atoms with Gasteiger partial charge in [-0.1, -0.05) is 142 Å². The molecule has 11 N–H and O–H groups in total. The lowest BCUT2D eigenvalue weighted by molar-refractivity contribution is -0.139. The fraction of sp³-hybridized carbons (Fsp3) is 0.500. The molecule has 1 unspecified atom stereocenters. The normalized spacial score (nSPS) is 22.8. The molecule has 0 saturated carbocycles. The number of hydrogen-bond donors (Lipinski definition) is 11. The number of thioether (sulfide) groups is 2. The molecule has 30 heteroatoms. The monoisotopic (exact) mass is 1570 g/mol. The van der Waals surface area contributed by atoms with E-state index in [1.807, 2.05) is 194 Å². The van der Waals surface area contributed by atoms with Crippen LogP contribution in [0, 0.1) is 17.3 Å². The molecular weight excluding hydrogens is 1470 g/mol. The van der Waals surface area contributed by atoms with Gasteiger partial charge in [0, 0.05) is 83.4 Å². The number of halogens is 1. The maximum Gasteiger partial charge on any atom is 0.407 e. The van der Waals surface area contributed by atoms with Gasteiger partial charge in [-0.2, -0.15) is 0 Å². The number of hydrazine groups is 2. The van der Waals surface area contributed by atoms with Crippen LogP contribution in [-0.2, 0) is 68.7 Å². The van der Waals surface area contributed by atoms with E-state index in [9.17, 15) is 39.0 Å². The van der Waals surface area contributed by atoms with Crippen molar-refractivity contribution in [1.82, 2.24) is 62.7 Å². The Labute approximate surface area is 656 Å². The number of nitrogens with zero attached hydrogens (tertiary/aromatic N) is 4. The third-order valence-electron chi connectivity index (χ3n) is 19.9. The Morgan fingerprint density at radius 2 is 1.04 bits per heavy atom. The third kappa shape index (κ3) is 24.7. The van der Waals surface area contributed by atoms with E-state index in [4.69, 9.17) is 45.1 Å². The molecule has 6 aliphatic heterocycles. The lowest BCUT2D eigenvalue weighted by Gasteiger charge is -2.35. The minimum Gasteiger partial charge on any atom is -0.480 e. The number of aliphatic hydroxyl groups excluding tert-OH is 2. The van der Waals surface area contributed by atoms with Gasteiger partial charge >= 0.3 is 24.2 Å². The number of nitrogens with one attached hydrogen (secondary N) is 8. The van der Waals surface area contributed by atoms with Crippen molar-refractivity contribution in [3.05, 3.63) is 180 Å². The van der Waals surface area contributed by atoms with Crippen molar-refractivity contribution in [2.45, 2.75) is 170 Å². The van der Waals surface area contributed by atoms with Crippen molar-refractivity contribution < 1.29 is 72.5 Å². The standard InChI is InChI=1S/C39H51ClN6O7.C35H43N5O6S.C6H11NO2S/c1-39(2,3)34(44-37(49)42-20-9-18-40)35(48)45-46(23-27-13-15-28(16-14-27)30-12-7-8-19-41-30)24-32(47)31(22-26-10-5-4-6-11-26)43-38(50)53-33-25-52-36-29(33)17-21-51-36;1-35(2)31(37-22-47-35)32(42)39-40(19-24-11-13-25(14-12-24)27-10-6-7-16-36-27)20-29(41)28(18-23-8-4-3-5-9-23)38-34(43)46-30-21-45-33-26(30)15-17-44-33;1-6(2)4(5(8)9)7-3-10-6/h4-8,10-16,19,29,31-34,36,47H,9,17-18,20-25H2,1-3H3,(H,43,50)(H,45,48)(H2,42,44,49);3-14,16,26,28-31,33,37,41H,15,17-22H2,1-2H3,(H,38,43)(H,39,42);4,7H,3H2,1-2H3,(H,8,9)/t29-,31-,32-,33-,34+,36+;26-,28-,29-,30-,31?,33+;4-/m001/s1. The molecule has 4 aromatic carbocycles. The van der Waals surface area contributed by atoms with E-state index in [1.165, 1.54) is 0 Å². The number of urea groups is 1. The molecular formula is C80H105ClN12O15S2. The van der Waals surface area contributed by atoms with Gasteiger partial charge in [0.25, 0.3) is 11.8 Å². The highest BCUT2D eigenvalue weighted by Gasteiger charge is 2.47. The molecule has 594 valence electrons. The first-order chi connectivity index (χ1) is 52.8. The van der Waals surface area contributed by atoms with Gasteiger partial charge in [0.05, 0.1) is 73.9 Å². The topological polar surface area (TPSA) is 347 Å². The number of benzene rings is 4. The van der Waals surface area contributed by atoms with E-state index in [2.05, 4.69) is 52.7 Å². The Bertz CT molecular complexity index is 3910. The van der Waals surface area contributed by atoms with Crippen LogP contribution in [0.4, 0.5) is 14.4 Å². The Hall–Kier alpha value is -8.01. The summed E-state index contributed by atoms with van der Waals surface area (Å²) in [6.07, 6.45) is 1.11. The molecule has 110 heavy (non-hydrogen) atoms. The number of carboxylic acid groups (broad SMARTS) is 1. The van der Waals surface area contributed by atoms with E-state index in [1.54, 1.807) is 45.9 Å². The highest BCUT2D eigenvalue weighted by molar-refractivity contribution is 8.01. The van der Waals surface area contributed by atoms with Gasteiger partial charge in [0.15, 0.2) is 12.6 Å². The van der Waals surface area contributed by atoms with Crippen molar-refractivity contribution in [3.63, 3.8) is 0 Å². The zero-order valence-electron chi connectivity index (χ0n) is 63.3. The number of hydrogen-bond acceptors (Lipinski definition) is 22. The van der Waals surface area contributed by atoms with Gasteiger partial charge in [-0.15, -0.1) is 35.1 Å². The van der Waals surface area contributed by atoms with Gasteiger partial charge in [-0.05, 0) is 112 Å². The number of aliphatic hydroxyl groups is 2. The van der Waals surface area contributed by atoms with Crippen LogP contribution in [0.25, 0.3) is 22.5 Å². The van der Waals surface area contributed by atoms with Gasteiger partial charge in [0.1, 0.15) is 30.3 Å². The molecule has 8 heterocycles. The molecule has 0 radical (unpaired) electrons. The average Bonchev–Trinajstić information content (AvgIpc) is 1.58. The van der Waals surface area contributed by atoms with Gasteiger partial charge in [0.2, 0.25) is 0 Å².